The minimum absolute atomic E-state index is 0.00375. The van der Waals surface area contributed by atoms with Gasteiger partial charge in [-0.3, -0.25) is 4.79 Å². The van der Waals surface area contributed by atoms with Crippen LogP contribution in [0.2, 0.25) is 0 Å². The fourth-order valence-electron chi connectivity index (χ4n) is 3.30. The van der Waals surface area contributed by atoms with Gasteiger partial charge >= 0.3 is 0 Å². The van der Waals surface area contributed by atoms with Gasteiger partial charge in [-0.2, -0.15) is 0 Å². The van der Waals surface area contributed by atoms with Crippen LogP contribution >= 0.6 is 11.6 Å². The van der Waals surface area contributed by atoms with Crippen LogP contribution in [0.15, 0.2) is 0 Å². The highest BCUT2D eigenvalue weighted by Crippen LogP contribution is 2.27. The molecule has 0 aromatic heterocycles. The summed E-state index contributed by atoms with van der Waals surface area (Å²) in [7, 11) is 0. The zero-order chi connectivity index (χ0) is 13.7. The van der Waals surface area contributed by atoms with E-state index in [-0.39, 0.29) is 18.1 Å². The Morgan fingerprint density at radius 1 is 1.26 bits per heavy atom. The number of alkyl halides is 1. The number of amides is 1. The highest BCUT2D eigenvalue weighted by Gasteiger charge is 2.28. The van der Waals surface area contributed by atoms with E-state index in [1.807, 2.05) is 11.8 Å². The van der Waals surface area contributed by atoms with Crippen molar-refractivity contribution in [2.75, 3.05) is 19.0 Å². The number of halogens is 1. The fourth-order valence-corrected chi connectivity index (χ4v) is 3.47. The molecule has 2 rings (SSSR count). The maximum atomic E-state index is 12.3. The van der Waals surface area contributed by atoms with Crippen LogP contribution in [0, 0.1) is 5.92 Å². The molecule has 1 saturated carbocycles. The minimum atomic E-state index is 0.00375. The number of carbonyl (C=O) groups is 1. The molecule has 1 aliphatic carbocycles. The fraction of sp³-hybridized carbons (Fsp3) is 0.933. The average Bonchev–Trinajstić information content (AvgIpc) is 2.45. The molecular formula is C15H26ClNO2. The number of hydrogen-bond acceptors (Lipinski definition) is 2. The smallest absolute Gasteiger partial charge is 0.222 e. The Morgan fingerprint density at radius 3 is 2.68 bits per heavy atom. The Kier molecular flexibility index (Phi) is 5.96. The van der Waals surface area contributed by atoms with E-state index in [9.17, 15) is 4.79 Å². The van der Waals surface area contributed by atoms with Gasteiger partial charge in [0.1, 0.15) is 0 Å². The third-order valence-electron chi connectivity index (χ3n) is 4.34. The van der Waals surface area contributed by atoms with Crippen molar-refractivity contribution >= 4 is 17.5 Å². The summed E-state index contributed by atoms with van der Waals surface area (Å²) in [6.07, 6.45) is 8.59. The lowest BCUT2D eigenvalue weighted by Crippen LogP contribution is -2.49. The molecule has 1 aliphatic heterocycles. The largest absolute Gasteiger partial charge is 0.370 e. The van der Waals surface area contributed by atoms with Gasteiger partial charge in [0.25, 0.3) is 0 Å². The molecule has 1 saturated heterocycles. The normalized spacial score (nSPS) is 29.5. The summed E-state index contributed by atoms with van der Waals surface area (Å²) in [4.78, 5) is 14.2. The Hall–Kier alpha value is -0.280. The Balaban J connectivity index is 1.75. The lowest BCUT2D eigenvalue weighted by Gasteiger charge is -2.36. The van der Waals surface area contributed by atoms with E-state index >= 15 is 0 Å². The molecule has 0 bridgehead atoms. The highest BCUT2D eigenvalue weighted by molar-refractivity contribution is 6.18. The summed E-state index contributed by atoms with van der Waals surface area (Å²) >= 11 is 5.85. The van der Waals surface area contributed by atoms with Crippen LogP contribution in [0.25, 0.3) is 0 Å². The second-order valence-electron chi connectivity index (χ2n) is 6.06. The number of nitrogens with zero attached hydrogens (tertiary/aromatic N) is 1. The van der Waals surface area contributed by atoms with E-state index in [4.69, 9.17) is 16.3 Å². The van der Waals surface area contributed by atoms with E-state index in [1.54, 1.807) is 0 Å². The lowest BCUT2D eigenvalue weighted by molar-refractivity contribution is -0.143. The van der Waals surface area contributed by atoms with Crippen LogP contribution in [-0.4, -0.2) is 42.0 Å². The first-order chi connectivity index (χ1) is 9.19. The Morgan fingerprint density at radius 2 is 2.00 bits per heavy atom. The second-order valence-corrected chi connectivity index (χ2v) is 6.37. The van der Waals surface area contributed by atoms with Crippen molar-refractivity contribution in [3.8, 4) is 0 Å². The molecule has 0 N–H and O–H groups in total. The molecule has 1 heterocycles. The molecule has 2 aliphatic rings. The van der Waals surface area contributed by atoms with Crippen molar-refractivity contribution < 1.29 is 9.53 Å². The number of ether oxygens (including phenoxy) is 1. The van der Waals surface area contributed by atoms with E-state index < -0.39 is 0 Å². The van der Waals surface area contributed by atoms with Crippen LogP contribution in [0.3, 0.4) is 0 Å². The first-order valence-corrected chi connectivity index (χ1v) is 8.21. The van der Waals surface area contributed by atoms with Crippen LogP contribution in [0.1, 0.15) is 51.9 Å². The maximum Gasteiger partial charge on any atom is 0.222 e. The standard InChI is InChI=1S/C15H26ClNO2/c1-12-10-17(11-14(9-16)19-12)15(18)8-7-13-5-3-2-4-6-13/h12-14H,2-11H2,1H3. The molecule has 0 spiro atoms. The molecule has 0 aromatic rings. The molecule has 2 atom stereocenters. The summed E-state index contributed by atoms with van der Waals surface area (Å²) in [5, 5.41) is 0. The van der Waals surface area contributed by atoms with Crippen LogP contribution in [-0.2, 0) is 9.53 Å². The van der Waals surface area contributed by atoms with E-state index in [2.05, 4.69) is 0 Å². The van der Waals surface area contributed by atoms with Crippen LogP contribution < -0.4 is 0 Å². The number of morpholine rings is 1. The molecule has 110 valence electrons. The lowest BCUT2D eigenvalue weighted by atomic mass is 9.86. The summed E-state index contributed by atoms with van der Waals surface area (Å²) < 4.78 is 5.68. The third kappa shape index (κ3) is 4.64. The van der Waals surface area contributed by atoms with Gasteiger partial charge in [-0.05, 0) is 19.3 Å². The zero-order valence-electron chi connectivity index (χ0n) is 11.9. The third-order valence-corrected chi connectivity index (χ3v) is 4.69. The Labute approximate surface area is 121 Å². The molecule has 2 fully saturated rings. The van der Waals surface area contributed by atoms with Crippen molar-refractivity contribution in [1.29, 1.82) is 0 Å². The van der Waals surface area contributed by atoms with Gasteiger partial charge in [0.15, 0.2) is 0 Å². The molecule has 0 radical (unpaired) electrons. The summed E-state index contributed by atoms with van der Waals surface area (Å²) in [6, 6.07) is 0. The average molecular weight is 288 g/mol. The van der Waals surface area contributed by atoms with Gasteiger partial charge in [0, 0.05) is 19.5 Å². The molecule has 0 aromatic carbocycles. The van der Waals surface area contributed by atoms with E-state index in [0.717, 1.165) is 18.9 Å². The summed E-state index contributed by atoms with van der Waals surface area (Å²) in [5.74, 6) is 1.53. The predicted octanol–water partition coefficient (Wildman–Crippen LogP) is 3.20. The van der Waals surface area contributed by atoms with E-state index in [1.165, 1.54) is 32.1 Å². The Bertz CT molecular complexity index is 292. The minimum Gasteiger partial charge on any atom is -0.370 e. The zero-order valence-corrected chi connectivity index (χ0v) is 12.7. The molecule has 4 heteroatoms. The molecule has 19 heavy (non-hydrogen) atoms. The van der Waals surface area contributed by atoms with Crippen LogP contribution in [0.4, 0.5) is 0 Å². The monoisotopic (exact) mass is 287 g/mol. The van der Waals surface area contributed by atoms with Gasteiger partial charge in [0.05, 0.1) is 18.1 Å². The van der Waals surface area contributed by atoms with Crippen molar-refractivity contribution in [1.82, 2.24) is 4.90 Å². The van der Waals surface area contributed by atoms with Crippen molar-refractivity contribution in [2.24, 2.45) is 5.92 Å². The van der Waals surface area contributed by atoms with Gasteiger partial charge in [-0.1, -0.05) is 32.1 Å². The van der Waals surface area contributed by atoms with Gasteiger partial charge in [-0.25, -0.2) is 0 Å². The number of hydrogen-bond donors (Lipinski definition) is 0. The van der Waals surface area contributed by atoms with E-state index in [0.29, 0.717) is 18.8 Å². The molecular weight excluding hydrogens is 262 g/mol. The first kappa shape index (κ1) is 15.1. The van der Waals surface area contributed by atoms with Crippen molar-refractivity contribution in [3.63, 3.8) is 0 Å². The highest BCUT2D eigenvalue weighted by atomic mass is 35.5. The SMILES string of the molecule is CC1CN(C(=O)CCC2CCCCC2)CC(CCl)O1. The van der Waals surface area contributed by atoms with Crippen molar-refractivity contribution in [2.45, 2.75) is 64.1 Å². The molecule has 3 nitrogen and oxygen atoms in total. The first-order valence-electron chi connectivity index (χ1n) is 7.68. The maximum absolute atomic E-state index is 12.3. The summed E-state index contributed by atoms with van der Waals surface area (Å²) in [5.41, 5.74) is 0. The quantitative estimate of drug-likeness (QED) is 0.743. The topological polar surface area (TPSA) is 29.5 Å². The van der Waals surface area contributed by atoms with Crippen LogP contribution in [0.5, 0.6) is 0 Å². The van der Waals surface area contributed by atoms with Gasteiger partial charge in [-0.15, -0.1) is 11.6 Å². The molecule has 1 amide bonds. The van der Waals surface area contributed by atoms with Gasteiger partial charge < -0.3 is 9.64 Å². The number of carbonyl (C=O) groups excluding carboxylic acids is 1. The second kappa shape index (κ2) is 7.49. The summed E-state index contributed by atoms with van der Waals surface area (Å²) in [6.45, 7) is 3.40. The van der Waals surface area contributed by atoms with Gasteiger partial charge in [0.2, 0.25) is 5.91 Å². The number of rotatable bonds is 4. The predicted molar refractivity (Wildman–Crippen MR) is 77.4 cm³/mol. The molecule has 2 unspecified atom stereocenters. The van der Waals surface area contributed by atoms with Crippen molar-refractivity contribution in [3.05, 3.63) is 0 Å².